The van der Waals surface area contributed by atoms with Gasteiger partial charge in [0.15, 0.2) is 0 Å². The fraction of sp³-hybridized carbons (Fsp3) is 0.357. The van der Waals surface area contributed by atoms with Crippen LogP contribution in [-0.4, -0.2) is 35.3 Å². The van der Waals surface area contributed by atoms with Crippen molar-refractivity contribution in [2.24, 2.45) is 5.73 Å². The predicted octanol–water partition coefficient (Wildman–Crippen LogP) is 1.09. The number of benzene rings is 1. The van der Waals surface area contributed by atoms with Crippen LogP contribution in [0.4, 0.5) is 4.79 Å². The van der Waals surface area contributed by atoms with Crippen molar-refractivity contribution in [3.05, 3.63) is 35.9 Å². The SMILES string of the molecule is C[C@H](N)C(=O)N(C(=O)OCc1ccccc1)[C@@H](C)C=O. The molecule has 0 heterocycles. The van der Waals surface area contributed by atoms with Gasteiger partial charge in [0.25, 0.3) is 0 Å². The first kappa shape index (κ1) is 15.8. The number of amides is 2. The zero-order chi connectivity index (χ0) is 15.1. The number of imide groups is 1. The first-order valence-electron chi connectivity index (χ1n) is 6.22. The van der Waals surface area contributed by atoms with Crippen LogP contribution in [0.2, 0.25) is 0 Å². The second-order valence-electron chi connectivity index (χ2n) is 4.41. The molecule has 6 heteroatoms. The van der Waals surface area contributed by atoms with Crippen molar-refractivity contribution in [3.63, 3.8) is 0 Å². The minimum atomic E-state index is -0.920. The van der Waals surface area contributed by atoms with Gasteiger partial charge in [-0.05, 0) is 19.4 Å². The van der Waals surface area contributed by atoms with Crippen LogP contribution in [0.5, 0.6) is 0 Å². The van der Waals surface area contributed by atoms with E-state index in [1.54, 1.807) is 12.1 Å². The average Bonchev–Trinajstić information content (AvgIpc) is 2.45. The summed E-state index contributed by atoms with van der Waals surface area (Å²) < 4.78 is 5.04. The number of hydrogen-bond acceptors (Lipinski definition) is 5. The molecular weight excluding hydrogens is 260 g/mol. The van der Waals surface area contributed by atoms with Gasteiger partial charge in [-0.15, -0.1) is 0 Å². The number of aldehydes is 1. The van der Waals surface area contributed by atoms with E-state index in [2.05, 4.69) is 0 Å². The lowest BCUT2D eigenvalue weighted by Crippen LogP contribution is -2.50. The number of ether oxygens (including phenoxy) is 1. The molecule has 108 valence electrons. The maximum atomic E-state index is 11.9. The third kappa shape index (κ3) is 4.17. The molecule has 0 aliphatic rings. The van der Waals surface area contributed by atoms with Crippen molar-refractivity contribution in [1.82, 2.24) is 4.90 Å². The molecule has 6 nitrogen and oxygen atoms in total. The lowest BCUT2D eigenvalue weighted by atomic mass is 10.2. The number of carbonyl (C=O) groups excluding carboxylic acids is 3. The molecule has 1 aromatic carbocycles. The molecule has 0 saturated heterocycles. The van der Waals surface area contributed by atoms with Crippen LogP contribution < -0.4 is 5.73 Å². The van der Waals surface area contributed by atoms with Crippen molar-refractivity contribution in [3.8, 4) is 0 Å². The third-order valence-electron chi connectivity index (χ3n) is 2.63. The van der Waals surface area contributed by atoms with E-state index in [1.165, 1.54) is 13.8 Å². The maximum Gasteiger partial charge on any atom is 0.417 e. The summed E-state index contributed by atoms with van der Waals surface area (Å²) in [5.74, 6) is -0.650. The van der Waals surface area contributed by atoms with E-state index in [-0.39, 0.29) is 6.61 Å². The fourth-order valence-electron chi connectivity index (χ4n) is 1.53. The van der Waals surface area contributed by atoms with Gasteiger partial charge < -0.3 is 15.3 Å². The molecule has 0 aromatic heterocycles. The summed E-state index contributed by atoms with van der Waals surface area (Å²) >= 11 is 0. The molecular formula is C14H18N2O4. The second-order valence-corrected chi connectivity index (χ2v) is 4.41. The van der Waals surface area contributed by atoms with E-state index >= 15 is 0 Å². The summed E-state index contributed by atoms with van der Waals surface area (Å²) in [7, 11) is 0. The maximum absolute atomic E-state index is 11.9. The summed E-state index contributed by atoms with van der Waals surface area (Å²) in [5.41, 5.74) is 6.24. The van der Waals surface area contributed by atoms with E-state index in [9.17, 15) is 14.4 Å². The van der Waals surface area contributed by atoms with Crippen molar-refractivity contribution in [2.45, 2.75) is 32.5 Å². The highest BCUT2D eigenvalue weighted by Crippen LogP contribution is 2.07. The Bertz CT molecular complexity index is 473. The van der Waals surface area contributed by atoms with Crippen LogP contribution in [0.25, 0.3) is 0 Å². The van der Waals surface area contributed by atoms with E-state index in [0.29, 0.717) is 6.29 Å². The second kappa shape index (κ2) is 7.40. The molecule has 20 heavy (non-hydrogen) atoms. The Hall–Kier alpha value is -2.21. The summed E-state index contributed by atoms with van der Waals surface area (Å²) in [6.07, 6.45) is -0.389. The molecule has 2 N–H and O–H groups in total. The van der Waals surface area contributed by atoms with Crippen molar-refractivity contribution in [1.29, 1.82) is 0 Å². The van der Waals surface area contributed by atoms with E-state index in [1.807, 2.05) is 18.2 Å². The molecule has 0 aliphatic carbocycles. The third-order valence-corrected chi connectivity index (χ3v) is 2.63. The minimum absolute atomic E-state index is 0.0218. The Labute approximate surface area is 117 Å². The Morgan fingerprint density at radius 2 is 1.90 bits per heavy atom. The molecule has 0 bridgehead atoms. The topological polar surface area (TPSA) is 89.7 Å². The van der Waals surface area contributed by atoms with Gasteiger partial charge in [-0.3, -0.25) is 4.79 Å². The number of rotatable bonds is 5. The standard InChI is InChI=1S/C14H18N2O4/c1-10(8-17)16(13(18)11(2)15)14(19)20-9-12-6-4-3-5-7-12/h3-8,10-11H,9,15H2,1-2H3/t10-,11-/m0/s1. The van der Waals surface area contributed by atoms with Crippen LogP contribution in [0.1, 0.15) is 19.4 Å². The van der Waals surface area contributed by atoms with Gasteiger partial charge in [-0.2, -0.15) is 0 Å². The van der Waals surface area contributed by atoms with Gasteiger partial charge in [0, 0.05) is 0 Å². The van der Waals surface area contributed by atoms with Crippen molar-refractivity contribution < 1.29 is 19.1 Å². The molecule has 0 aliphatic heterocycles. The predicted molar refractivity (Wildman–Crippen MR) is 72.6 cm³/mol. The molecule has 0 radical (unpaired) electrons. The molecule has 1 aromatic rings. The van der Waals surface area contributed by atoms with E-state index < -0.39 is 24.1 Å². The largest absolute Gasteiger partial charge is 0.444 e. The van der Waals surface area contributed by atoms with E-state index in [0.717, 1.165) is 10.5 Å². The molecule has 0 unspecified atom stereocenters. The first-order chi connectivity index (χ1) is 9.47. The first-order valence-corrected chi connectivity index (χ1v) is 6.22. The summed E-state index contributed by atoms with van der Waals surface area (Å²) in [6, 6.07) is 7.22. The number of carbonyl (C=O) groups is 3. The van der Waals surface area contributed by atoms with Gasteiger partial charge in [-0.1, -0.05) is 30.3 Å². The number of nitrogens with zero attached hydrogens (tertiary/aromatic N) is 1. The Morgan fingerprint density at radius 3 is 2.40 bits per heavy atom. The Kier molecular flexibility index (Phi) is 5.86. The lowest BCUT2D eigenvalue weighted by Gasteiger charge is -2.24. The van der Waals surface area contributed by atoms with Crippen LogP contribution in [0.3, 0.4) is 0 Å². The monoisotopic (exact) mass is 278 g/mol. The normalized spacial score (nSPS) is 13.2. The lowest BCUT2D eigenvalue weighted by molar-refractivity contribution is -0.134. The summed E-state index contributed by atoms with van der Waals surface area (Å²) in [5, 5.41) is 0. The zero-order valence-electron chi connectivity index (χ0n) is 11.5. The Balaban J connectivity index is 2.73. The molecule has 2 amide bonds. The number of hydrogen-bond donors (Lipinski definition) is 1. The fourth-order valence-corrected chi connectivity index (χ4v) is 1.53. The highest BCUT2D eigenvalue weighted by Gasteiger charge is 2.30. The molecule has 0 spiro atoms. The molecule has 0 saturated carbocycles. The highest BCUT2D eigenvalue weighted by atomic mass is 16.6. The van der Waals surface area contributed by atoms with E-state index in [4.69, 9.17) is 10.5 Å². The molecule has 2 atom stereocenters. The quantitative estimate of drug-likeness (QED) is 0.814. The van der Waals surface area contributed by atoms with Crippen molar-refractivity contribution >= 4 is 18.3 Å². The van der Waals surface area contributed by atoms with Crippen molar-refractivity contribution in [2.75, 3.05) is 0 Å². The smallest absolute Gasteiger partial charge is 0.417 e. The average molecular weight is 278 g/mol. The summed E-state index contributed by atoms with van der Waals surface area (Å²) in [6.45, 7) is 2.89. The molecule has 1 rings (SSSR count). The van der Waals surface area contributed by atoms with Crippen LogP contribution in [0, 0.1) is 0 Å². The Morgan fingerprint density at radius 1 is 1.30 bits per heavy atom. The van der Waals surface area contributed by atoms with Gasteiger partial charge in [0.1, 0.15) is 12.9 Å². The zero-order valence-corrected chi connectivity index (χ0v) is 11.5. The van der Waals surface area contributed by atoms with Crippen LogP contribution >= 0.6 is 0 Å². The highest BCUT2D eigenvalue weighted by molar-refractivity contribution is 5.97. The van der Waals surface area contributed by atoms with Gasteiger partial charge >= 0.3 is 6.09 Å². The van der Waals surface area contributed by atoms with Crippen LogP contribution in [-0.2, 0) is 20.9 Å². The minimum Gasteiger partial charge on any atom is -0.444 e. The molecule has 0 fully saturated rings. The number of nitrogens with two attached hydrogens (primary N) is 1. The summed E-state index contributed by atoms with van der Waals surface area (Å²) in [4.78, 5) is 35.3. The van der Waals surface area contributed by atoms with Gasteiger partial charge in [0.2, 0.25) is 5.91 Å². The van der Waals surface area contributed by atoms with Gasteiger partial charge in [-0.25, -0.2) is 9.69 Å². The van der Waals surface area contributed by atoms with Crippen LogP contribution in [0.15, 0.2) is 30.3 Å². The van der Waals surface area contributed by atoms with Gasteiger partial charge in [0.05, 0.1) is 12.1 Å².